The van der Waals surface area contributed by atoms with E-state index in [0.29, 0.717) is 0 Å². The molecule has 0 radical (unpaired) electrons. The molecule has 1 saturated carbocycles. The molecule has 2 nitrogen and oxygen atoms in total. The molecule has 1 aliphatic carbocycles. The zero-order valence-corrected chi connectivity index (χ0v) is 12.6. The SMILES string of the molecule is Cc1sc(C2(CN)CC2)nc1-c1ccccc1Br. The highest BCUT2D eigenvalue weighted by Crippen LogP contribution is 2.50. The molecular weight excluding hydrogens is 308 g/mol. The van der Waals surface area contributed by atoms with Gasteiger partial charge in [-0.25, -0.2) is 4.98 Å². The molecule has 1 heterocycles. The second-order valence-corrected chi connectivity index (χ2v) is 6.95. The van der Waals surface area contributed by atoms with Crippen molar-refractivity contribution in [2.24, 2.45) is 5.73 Å². The number of halogens is 1. The van der Waals surface area contributed by atoms with Crippen molar-refractivity contribution in [3.63, 3.8) is 0 Å². The summed E-state index contributed by atoms with van der Waals surface area (Å²) in [5.41, 5.74) is 8.35. The Morgan fingerprint density at radius 3 is 2.72 bits per heavy atom. The molecule has 0 atom stereocenters. The van der Waals surface area contributed by atoms with Crippen LogP contribution in [0.15, 0.2) is 28.7 Å². The maximum Gasteiger partial charge on any atom is 0.101 e. The smallest absolute Gasteiger partial charge is 0.101 e. The summed E-state index contributed by atoms with van der Waals surface area (Å²) in [7, 11) is 0. The number of nitrogens with zero attached hydrogens (tertiary/aromatic N) is 1. The third-order valence-electron chi connectivity index (χ3n) is 3.62. The van der Waals surface area contributed by atoms with E-state index in [4.69, 9.17) is 10.7 Å². The molecule has 0 saturated heterocycles. The number of hydrogen-bond donors (Lipinski definition) is 1. The van der Waals surface area contributed by atoms with Crippen LogP contribution < -0.4 is 5.73 Å². The van der Waals surface area contributed by atoms with E-state index in [1.165, 1.54) is 28.3 Å². The molecule has 0 unspecified atom stereocenters. The van der Waals surface area contributed by atoms with Gasteiger partial charge in [0, 0.05) is 26.9 Å². The van der Waals surface area contributed by atoms with Crippen LogP contribution in [0, 0.1) is 6.92 Å². The third-order valence-corrected chi connectivity index (χ3v) is 5.53. The molecule has 94 valence electrons. The predicted octanol–water partition coefficient (Wildman–Crippen LogP) is 3.87. The van der Waals surface area contributed by atoms with Crippen LogP contribution in [0.4, 0.5) is 0 Å². The lowest BCUT2D eigenvalue weighted by molar-refractivity contribution is 0.698. The summed E-state index contributed by atoms with van der Waals surface area (Å²) in [5, 5.41) is 1.22. The first-order valence-electron chi connectivity index (χ1n) is 6.09. The Morgan fingerprint density at radius 2 is 2.11 bits per heavy atom. The van der Waals surface area contributed by atoms with Gasteiger partial charge in [0.1, 0.15) is 5.01 Å². The van der Waals surface area contributed by atoms with E-state index in [1.807, 2.05) is 12.1 Å². The maximum atomic E-state index is 5.89. The van der Waals surface area contributed by atoms with E-state index in [2.05, 4.69) is 35.0 Å². The second kappa shape index (κ2) is 4.44. The first-order valence-corrected chi connectivity index (χ1v) is 7.70. The summed E-state index contributed by atoms with van der Waals surface area (Å²) in [4.78, 5) is 6.13. The molecule has 2 N–H and O–H groups in total. The minimum atomic E-state index is 0.189. The van der Waals surface area contributed by atoms with Gasteiger partial charge in [-0.2, -0.15) is 0 Å². The first kappa shape index (κ1) is 12.3. The van der Waals surface area contributed by atoms with Crippen molar-refractivity contribution in [3.8, 4) is 11.3 Å². The van der Waals surface area contributed by atoms with Crippen molar-refractivity contribution >= 4 is 27.3 Å². The number of rotatable bonds is 3. The van der Waals surface area contributed by atoms with Gasteiger partial charge in [0.25, 0.3) is 0 Å². The number of aromatic nitrogens is 1. The largest absolute Gasteiger partial charge is 0.329 e. The van der Waals surface area contributed by atoms with E-state index < -0.39 is 0 Å². The fourth-order valence-electron chi connectivity index (χ4n) is 2.18. The molecule has 1 aliphatic rings. The second-order valence-electron chi connectivity index (χ2n) is 4.89. The fourth-order valence-corrected chi connectivity index (χ4v) is 3.84. The van der Waals surface area contributed by atoms with Gasteiger partial charge in [0.15, 0.2) is 0 Å². The van der Waals surface area contributed by atoms with Crippen LogP contribution in [-0.2, 0) is 5.41 Å². The van der Waals surface area contributed by atoms with Crippen LogP contribution in [0.25, 0.3) is 11.3 Å². The van der Waals surface area contributed by atoms with Crippen molar-refractivity contribution in [2.75, 3.05) is 6.54 Å². The van der Waals surface area contributed by atoms with Crippen molar-refractivity contribution in [1.29, 1.82) is 0 Å². The number of benzene rings is 1. The Hall–Kier alpha value is -0.710. The molecule has 18 heavy (non-hydrogen) atoms. The van der Waals surface area contributed by atoms with Gasteiger partial charge in [-0.3, -0.25) is 0 Å². The molecule has 0 bridgehead atoms. The summed E-state index contributed by atoms with van der Waals surface area (Å²) in [5.74, 6) is 0. The highest BCUT2D eigenvalue weighted by molar-refractivity contribution is 9.10. The third kappa shape index (κ3) is 1.92. The Balaban J connectivity index is 2.07. The standard InChI is InChI=1S/C14H15BrN2S/c1-9-12(10-4-2-3-5-11(10)15)17-13(18-9)14(8-16)6-7-14/h2-5H,6-8,16H2,1H3. The number of hydrogen-bond acceptors (Lipinski definition) is 3. The molecule has 0 amide bonds. The molecule has 1 aromatic carbocycles. The van der Waals surface area contributed by atoms with Gasteiger partial charge in [-0.1, -0.05) is 34.1 Å². The summed E-state index contributed by atoms with van der Waals surface area (Å²) < 4.78 is 1.10. The van der Waals surface area contributed by atoms with Gasteiger partial charge in [0.2, 0.25) is 0 Å². The van der Waals surface area contributed by atoms with E-state index in [1.54, 1.807) is 11.3 Å². The van der Waals surface area contributed by atoms with Gasteiger partial charge < -0.3 is 5.73 Å². The topological polar surface area (TPSA) is 38.9 Å². The molecule has 3 rings (SSSR count). The van der Waals surface area contributed by atoms with Crippen molar-refractivity contribution < 1.29 is 0 Å². The lowest BCUT2D eigenvalue weighted by atomic mass is 10.1. The highest BCUT2D eigenvalue weighted by Gasteiger charge is 2.46. The number of nitrogens with two attached hydrogens (primary N) is 1. The Morgan fingerprint density at radius 1 is 1.39 bits per heavy atom. The quantitative estimate of drug-likeness (QED) is 0.931. The minimum Gasteiger partial charge on any atom is -0.329 e. The number of thiazole rings is 1. The van der Waals surface area contributed by atoms with Gasteiger partial charge in [-0.15, -0.1) is 11.3 Å². The lowest BCUT2D eigenvalue weighted by Gasteiger charge is -2.06. The normalized spacial score (nSPS) is 16.8. The van der Waals surface area contributed by atoms with Crippen LogP contribution in [-0.4, -0.2) is 11.5 Å². The zero-order valence-electron chi connectivity index (χ0n) is 10.2. The first-order chi connectivity index (χ1) is 8.66. The van der Waals surface area contributed by atoms with Crippen molar-refractivity contribution in [2.45, 2.75) is 25.2 Å². The summed E-state index contributed by atoms with van der Waals surface area (Å²) in [6, 6.07) is 8.24. The fraction of sp³-hybridized carbons (Fsp3) is 0.357. The van der Waals surface area contributed by atoms with E-state index in [0.717, 1.165) is 16.7 Å². The molecule has 1 aromatic heterocycles. The summed E-state index contributed by atoms with van der Waals surface area (Å²) >= 11 is 5.40. The minimum absolute atomic E-state index is 0.189. The van der Waals surface area contributed by atoms with E-state index >= 15 is 0 Å². The number of aryl methyl sites for hydroxylation is 1. The molecule has 4 heteroatoms. The molecule has 1 fully saturated rings. The van der Waals surface area contributed by atoms with Crippen LogP contribution in [0.3, 0.4) is 0 Å². The van der Waals surface area contributed by atoms with Crippen LogP contribution >= 0.6 is 27.3 Å². The van der Waals surface area contributed by atoms with Gasteiger partial charge >= 0.3 is 0 Å². The molecule has 0 aliphatic heterocycles. The van der Waals surface area contributed by atoms with Crippen molar-refractivity contribution in [1.82, 2.24) is 4.98 Å². The zero-order chi connectivity index (χ0) is 12.8. The predicted molar refractivity (Wildman–Crippen MR) is 80.0 cm³/mol. The maximum absolute atomic E-state index is 5.89. The van der Waals surface area contributed by atoms with E-state index in [9.17, 15) is 0 Å². The van der Waals surface area contributed by atoms with E-state index in [-0.39, 0.29) is 5.41 Å². The monoisotopic (exact) mass is 322 g/mol. The average Bonchev–Trinajstić information content (AvgIpc) is 3.08. The van der Waals surface area contributed by atoms with Gasteiger partial charge in [-0.05, 0) is 25.8 Å². The summed E-state index contributed by atoms with van der Waals surface area (Å²) in [6.45, 7) is 2.86. The van der Waals surface area contributed by atoms with Gasteiger partial charge in [0.05, 0.1) is 5.69 Å². The molecule has 2 aromatic rings. The highest BCUT2D eigenvalue weighted by atomic mass is 79.9. The Kier molecular flexibility index (Phi) is 3.04. The Labute approximate surface area is 119 Å². The van der Waals surface area contributed by atoms with Crippen LogP contribution in [0.1, 0.15) is 22.7 Å². The lowest BCUT2D eigenvalue weighted by Crippen LogP contribution is -2.19. The average molecular weight is 323 g/mol. The van der Waals surface area contributed by atoms with Crippen molar-refractivity contribution in [3.05, 3.63) is 38.6 Å². The Bertz CT molecular complexity index is 587. The van der Waals surface area contributed by atoms with Crippen LogP contribution in [0.2, 0.25) is 0 Å². The summed E-state index contributed by atoms with van der Waals surface area (Å²) in [6.07, 6.45) is 2.37. The molecular formula is C14H15BrN2S. The molecule has 0 spiro atoms. The van der Waals surface area contributed by atoms with Crippen LogP contribution in [0.5, 0.6) is 0 Å².